The van der Waals surface area contributed by atoms with Crippen molar-refractivity contribution in [3.05, 3.63) is 37.7 Å². The Labute approximate surface area is 204 Å². The highest BCUT2D eigenvalue weighted by atomic mass is 32.1. The summed E-state index contributed by atoms with van der Waals surface area (Å²) in [7, 11) is 2.09. The van der Waals surface area contributed by atoms with E-state index in [1.165, 1.54) is 4.57 Å². The van der Waals surface area contributed by atoms with E-state index in [2.05, 4.69) is 32.5 Å². The molecule has 1 fully saturated rings. The fourth-order valence-electron chi connectivity index (χ4n) is 3.68. The number of carbonyl (C=O) groups excluding carboxylic acids is 1. The zero-order chi connectivity index (χ0) is 24.9. The molecule has 180 valence electrons. The van der Waals surface area contributed by atoms with Gasteiger partial charge in [0, 0.05) is 50.7 Å². The van der Waals surface area contributed by atoms with E-state index in [1.54, 1.807) is 19.2 Å². The van der Waals surface area contributed by atoms with Crippen molar-refractivity contribution in [1.82, 2.24) is 19.8 Å². The Bertz CT molecular complexity index is 1510. The first-order chi connectivity index (χ1) is 16.9. The molecule has 1 aromatic carbocycles. The highest BCUT2D eigenvalue weighted by Gasteiger charge is 2.19. The molecule has 11 nitrogen and oxygen atoms in total. The minimum absolute atomic E-state index is 0.205. The number of hydrogen-bond donors (Lipinski definition) is 2. The van der Waals surface area contributed by atoms with Gasteiger partial charge in [-0.3, -0.25) is 14.2 Å². The number of piperazine rings is 1. The number of anilines is 2. The number of thiazole rings is 1. The summed E-state index contributed by atoms with van der Waals surface area (Å²) < 4.78 is 7.92. The lowest BCUT2D eigenvalue weighted by Crippen LogP contribution is -2.44. The lowest BCUT2D eigenvalue weighted by atomic mass is 10.3. The summed E-state index contributed by atoms with van der Waals surface area (Å²) >= 11 is 1.03. The Morgan fingerprint density at radius 2 is 2.06 bits per heavy atom. The van der Waals surface area contributed by atoms with Crippen molar-refractivity contribution in [3.8, 4) is 12.1 Å². The van der Waals surface area contributed by atoms with Gasteiger partial charge in [-0.2, -0.15) is 15.5 Å². The Kier molecular flexibility index (Phi) is 7.15. The van der Waals surface area contributed by atoms with Crippen molar-refractivity contribution in [3.63, 3.8) is 0 Å². The molecule has 3 heterocycles. The van der Waals surface area contributed by atoms with E-state index in [0.29, 0.717) is 21.8 Å². The van der Waals surface area contributed by atoms with Gasteiger partial charge in [-0.15, -0.1) is 11.3 Å². The molecule has 2 aromatic heterocycles. The maximum atomic E-state index is 12.9. The van der Waals surface area contributed by atoms with Gasteiger partial charge in [-0.05, 0) is 26.1 Å². The molecule has 1 aliphatic heterocycles. The van der Waals surface area contributed by atoms with Crippen LogP contribution in [0.5, 0.6) is 0 Å². The number of amides is 1. The van der Waals surface area contributed by atoms with Crippen LogP contribution in [0.1, 0.15) is 6.92 Å². The minimum Gasteiger partial charge on any atom is -0.423 e. The van der Waals surface area contributed by atoms with Crippen molar-refractivity contribution in [2.24, 2.45) is 0 Å². The van der Waals surface area contributed by atoms with Crippen LogP contribution in [-0.2, 0) is 11.3 Å². The highest BCUT2D eigenvalue weighted by Crippen LogP contribution is 2.25. The average molecular weight is 493 g/mol. The van der Waals surface area contributed by atoms with Crippen molar-refractivity contribution in [1.29, 1.82) is 10.5 Å². The molecule has 1 aliphatic rings. The number of fused-ring (bicyclic) bond motifs is 1. The molecular formula is C23H24N8O3S. The van der Waals surface area contributed by atoms with Crippen LogP contribution in [0.3, 0.4) is 0 Å². The normalized spacial score (nSPS) is 15.5. The van der Waals surface area contributed by atoms with Crippen LogP contribution in [0.4, 0.5) is 11.7 Å². The molecule has 0 radical (unpaired) electrons. The maximum absolute atomic E-state index is 12.9. The molecule has 12 heteroatoms. The van der Waals surface area contributed by atoms with Gasteiger partial charge in [0.2, 0.25) is 0 Å². The van der Waals surface area contributed by atoms with Crippen molar-refractivity contribution in [2.75, 3.05) is 50.0 Å². The lowest BCUT2D eigenvalue weighted by molar-refractivity contribution is -0.115. The van der Waals surface area contributed by atoms with Crippen molar-refractivity contribution < 1.29 is 9.21 Å². The number of nitrogens with zero attached hydrogens (tertiary/aromatic N) is 6. The summed E-state index contributed by atoms with van der Waals surface area (Å²) in [4.78, 5) is 34.1. The SMILES string of the molecule is CCn1c(=O)/c(=C/Nc2ccc3nc(N4CCN(C)CC4)oc3c2)s/c1=C(\C#N)C(=O)NCC#N. The largest absolute Gasteiger partial charge is 0.423 e. The molecule has 1 saturated heterocycles. The molecule has 3 aromatic rings. The number of nitrogens with one attached hydrogen (secondary N) is 2. The molecule has 0 aliphatic carbocycles. The summed E-state index contributed by atoms with van der Waals surface area (Å²) in [6, 6.07) is 9.74. The molecule has 0 unspecified atom stereocenters. The summed E-state index contributed by atoms with van der Waals surface area (Å²) in [6.07, 6.45) is 1.55. The van der Waals surface area contributed by atoms with Crippen LogP contribution in [0, 0.1) is 22.7 Å². The lowest BCUT2D eigenvalue weighted by Gasteiger charge is -2.31. The molecule has 0 bridgehead atoms. The third-order valence-corrected chi connectivity index (χ3v) is 6.76. The van der Waals surface area contributed by atoms with Crippen LogP contribution in [0.15, 0.2) is 27.4 Å². The predicted octanol–water partition coefficient (Wildman–Crippen LogP) is -0.0131. The summed E-state index contributed by atoms with van der Waals surface area (Å²) in [6.45, 7) is 5.41. The number of rotatable bonds is 6. The Balaban J connectivity index is 1.63. The van der Waals surface area contributed by atoms with Gasteiger partial charge < -0.3 is 24.9 Å². The van der Waals surface area contributed by atoms with E-state index in [0.717, 1.165) is 43.0 Å². The number of benzene rings is 1. The van der Waals surface area contributed by atoms with Gasteiger partial charge in [0.15, 0.2) is 11.2 Å². The average Bonchev–Trinajstić information content (AvgIpc) is 3.42. The first-order valence-electron chi connectivity index (χ1n) is 11.0. The summed E-state index contributed by atoms with van der Waals surface area (Å²) in [5.41, 5.74) is 1.55. The van der Waals surface area contributed by atoms with Gasteiger partial charge in [0.1, 0.15) is 27.3 Å². The first kappa shape index (κ1) is 24.0. The number of carbonyl (C=O) groups is 1. The smallest absolute Gasteiger partial charge is 0.298 e. The van der Waals surface area contributed by atoms with Crippen LogP contribution >= 0.6 is 11.3 Å². The van der Waals surface area contributed by atoms with E-state index in [1.807, 2.05) is 24.3 Å². The van der Waals surface area contributed by atoms with Crippen molar-refractivity contribution >= 4 is 51.8 Å². The second kappa shape index (κ2) is 10.4. The highest BCUT2D eigenvalue weighted by molar-refractivity contribution is 7.07. The van der Waals surface area contributed by atoms with Crippen LogP contribution in [0.25, 0.3) is 22.9 Å². The van der Waals surface area contributed by atoms with E-state index in [4.69, 9.17) is 9.68 Å². The van der Waals surface area contributed by atoms with E-state index < -0.39 is 5.91 Å². The number of likely N-dealkylation sites (N-methyl/N-ethyl adjacent to an activating group) is 1. The molecule has 35 heavy (non-hydrogen) atoms. The third-order valence-electron chi connectivity index (χ3n) is 5.63. The Hall–Kier alpha value is -4.13. The number of hydrogen-bond acceptors (Lipinski definition) is 10. The van der Waals surface area contributed by atoms with E-state index in [-0.39, 0.29) is 28.9 Å². The van der Waals surface area contributed by atoms with Gasteiger partial charge in [0.25, 0.3) is 17.5 Å². The number of aromatic nitrogens is 2. The summed E-state index contributed by atoms with van der Waals surface area (Å²) in [5.74, 6) is -0.691. The maximum Gasteiger partial charge on any atom is 0.298 e. The standard InChI is InChI=1S/C23H24N8O3S/c1-3-31-21(33)19(35-22(31)16(13-25)20(32)26-7-6-24)14-27-15-4-5-17-18(12-15)34-23(28-17)30-10-8-29(2)9-11-30/h4-5,12,14,27H,3,7-11H2,1-2H3,(H,26,32)/b19-14-,22-16+. The zero-order valence-electron chi connectivity index (χ0n) is 19.4. The van der Waals surface area contributed by atoms with Crippen LogP contribution in [0.2, 0.25) is 0 Å². The molecule has 0 spiro atoms. The van der Waals surface area contributed by atoms with E-state index in [9.17, 15) is 14.9 Å². The topological polar surface area (TPSA) is 143 Å². The van der Waals surface area contributed by atoms with E-state index >= 15 is 0 Å². The molecule has 4 rings (SSSR count). The number of oxazole rings is 1. The first-order valence-corrected chi connectivity index (χ1v) is 11.9. The summed E-state index contributed by atoms with van der Waals surface area (Å²) in [5, 5.41) is 23.6. The minimum atomic E-state index is -0.691. The van der Waals surface area contributed by atoms with Gasteiger partial charge in [-0.1, -0.05) is 0 Å². The Morgan fingerprint density at radius 3 is 2.74 bits per heavy atom. The second-order valence-electron chi connectivity index (χ2n) is 7.91. The van der Waals surface area contributed by atoms with Crippen LogP contribution in [-0.4, -0.2) is 60.1 Å². The van der Waals surface area contributed by atoms with Gasteiger partial charge in [0.05, 0.1) is 6.07 Å². The fourth-order valence-corrected chi connectivity index (χ4v) is 4.77. The molecule has 0 saturated carbocycles. The van der Waals surface area contributed by atoms with Gasteiger partial charge in [-0.25, -0.2) is 0 Å². The quantitative estimate of drug-likeness (QED) is 0.454. The molecular weight excluding hydrogens is 468 g/mol. The van der Waals surface area contributed by atoms with Crippen LogP contribution < -0.4 is 30.3 Å². The molecule has 0 atom stereocenters. The fraction of sp³-hybridized carbons (Fsp3) is 0.348. The third kappa shape index (κ3) is 5.04. The van der Waals surface area contributed by atoms with Crippen molar-refractivity contribution in [2.45, 2.75) is 13.5 Å². The second-order valence-corrected chi connectivity index (χ2v) is 8.94. The molecule has 2 N–H and O–H groups in total. The molecule has 1 amide bonds. The Morgan fingerprint density at radius 1 is 1.29 bits per heavy atom. The van der Waals surface area contributed by atoms with Gasteiger partial charge >= 0.3 is 0 Å². The zero-order valence-corrected chi connectivity index (χ0v) is 20.2. The number of nitriles is 2. The monoisotopic (exact) mass is 492 g/mol. The predicted molar refractivity (Wildman–Crippen MR) is 133 cm³/mol.